The van der Waals surface area contributed by atoms with E-state index in [4.69, 9.17) is 13.6 Å². The molecule has 154 valence electrons. The second-order valence-electron chi connectivity index (χ2n) is 7.32. The molecule has 0 atom stereocenters. The number of ether oxygens (including phenoxy) is 1. The third kappa shape index (κ3) is 3.27. The standard InChI is InChI=1S/C24H19N3O4/c1-15-20(28)17-8-5-9-18(22(17)30-21(15)16-6-3-2-4-7-16)23-26-19(14-25)24(31-23)27-10-12-29-13-11-27/h2-9H,10-13H2,1H3. The molecule has 0 spiro atoms. The van der Waals surface area contributed by atoms with Gasteiger partial charge in [0, 0.05) is 24.2 Å². The van der Waals surface area contributed by atoms with Crippen LogP contribution in [-0.2, 0) is 4.74 Å². The summed E-state index contributed by atoms with van der Waals surface area (Å²) < 4.78 is 17.7. The topological polar surface area (TPSA) is 92.5 Å². The van der Waals surface area contributed by atoms with Gasteiger partial charge in [0.1, 0.15) is 11.8 Å². The van der Waals surface area contributed by atoms with Crippen molar-refractivity contribution >= 4 is 16.9 Å². The molecule has 7 heteroatoms. The second kappa shape index (κ2) is 7.74. The highest BCUT2D eigenvalue weighted by Crippen LogP contribution is 2.34. The van der Waals surface area contributed by atoms with E-state index in [1.165, 1.54) is 0 Å². The lowest BCUT2D eigenvalue weighted by Gasteiger charge is -2.25. The molecule has 0 radical (unpaired) electrons. The van der Waals surface area contributed by atoms with Crippen molar-refractivity contribution in [2.24, 2.45) is 0 Å². The van der Waals surface area contributed by atoms with Crippen LogP contribution in [0.1, 0.15) is 11.3 Å². The fourth-order valence-electron chi connectivity index (χ4n) is 3.82. The van der Waals surface area contributed by atoms with Crippen molar-refractivity contribution in [1.29, 1.82) is 5.26 Å². The maximum absolute atomic E-state index is 13.1. The van der Waals surface area contributed by atoms with Crippen LogP contribution in [0.4, 0.5) is 5.88 Å². The maximum Gasteiger partial charge on any atom is 0.235 e. The largest absolute Gasteiger partial charge is 0.455 e. The van der Waals surface area contributed by atoms with Crippen LogP contribution >= 0.6 is 0 Å². The van der Waals surface area contributed by atoms with Crippen molar-refractivity contribution in [3.8, 4) is 28.8 Å². The van der Waals surface area contributed by atoms with Crippen LogP contribution in [-0.4, -0.2) is 31.3 Å². The van der Waals surface area contributed by atoms with E-state index < -0.39 is 0 Å². The highest BCUT2D eigenvalue weighted by Gasteiger charge is 2.24. The average molecular weight is 413 g/mol. The van der Waals surface area contributed by atoms with Crippen LogP contribution in [0.15, 0.2) is 62.2 Å². The van der Waals surface area contributed by atoms with Gasteiger partial charge in [-0.05, 0) is 19.1 Å². The Morgan fingerprint density at radius 3 is 2.55 bits per heavy atom. The molecule has 2 aromatic carbocycles. The molecule has 4 aromatic rings. The summed E-state index contributed by atoms with van der Waals surface area (Å²) in [6.07, 6.45) is 0. The van der Waals surface area contributed by atoms with Crippen molar-refractivity contribution < 1.29 is 13.6 Å². The Bertz CT molecular complexity index is 1360. The van der Waals surface area contributed by atoms with Crippen molar-refractivity contribution in [3.05, 3.63) is 70.0 Å². The summed E-state index contributed by atoms with van der Waals surface area (Å²) in [7, 11) is 0. The second-order valence-corrected chi connectivity index (χ2v) is 7.32. The number of para-hydroxylation sites is 1. The lowest BCUT2D eigenvalue weighted by Crippen LogP contribution is -2.36. The molecule has 0 aliphatic carbocycles. The fourth-order valence-corrected chi connectivity index (χ4v) is 3.82. The Kier molecular flexibility index (Phi) is 4.77. The normalized spacial score (nSPS) is 14.0. The smallest absolute Gasteiger partial charge is 0.235 e. The molecule has 0 bridgehead atoms. The molecule has 0 unspecified atom stereocenters. The SMILES string of the molecule is Cc1c(-c2ccccc2)oc2c(-c3nc(C#N)c(N4CCOCC4)o3)cccc2c1=O. The Labute approximate surface area is 178 Å². The summed E-state index contributed by atoms with van der Waals surface area (Å²) in [5.74, 6) is 1.16. The predicted octanol–water partition coefficient (Wildman–Crippen LogP) is 4.13. The molecule has 0 N–H and O–H groups in total. The molecule has 1 aliphatic rings. The molecular formula is C24H19N3O4. The number of fused-ring (bicyclic) bond motifs is 1. The number of nitriles is 1. The van der Waals surface area contributed by atoms with Gasteiger partial charge in [0.2, 0.25) is 17.5 Å². The third-order valence-electron chi connectivity index (χ3n) is 5.42. The first-order valence-corrected chi connectivity index (χ1v) is 10.0. The number of hydrogen-bond acceptors (Lipinski definition) is 7. The first kappa shape index (κ1) is 19.1. The number of aromatic nitrogens is 1. The van der Waals surface area contributed by atoms with E-state index >= 15 is 0 Å². The average Bonchev–Trinajstić information content (AvgIpc) is 3.26. The summed E-state index contributed by atoms with van der Waals surface area (Å²) in [5, 5.41) is 10.0. The van der Waals surface area contributed by atoms with Crippen LogP contribution < -0.4 is 10.3 Å². The quantitative estimate of drug-likeness (QED) is 0.498. The lowest BCUT2D eigenvalue weighted by atomic mass is 10.0. The fraction of sp³-hybridized carbons (Fsp3) is 0.208. The van der Waals surface area contributed by atoms with Gasteiger partial charge < -0.3 is 18.5 Å². The molecular weight excluding hydrogens is 394 g/mol. The highest BCUT2D eigenvalue weighted by atomic mass is 16.5. The first-order chi connectivity index (χ1) is 15.2. The monoisotopic (exact) mass is 413 g/mol. The minimum Gasteiger partial charge on any atom is -0.455 e. The molecule has 1 aliphatic heterocycles. The molecule has 3 heterocycles. The molecule has 31 heavy (non-hydrogen) atoms. The zero-order chi connectivity index (χ0) is 21.4. The third-order valence-corrected chi connectivity index (χ3v) is 5.42. The minimum atomic E-state index is -0.109. The van der Waals surface area contributed by atoms with Gasteiger partial charge >= 0.3 is 0 Å². The van der Waals surface area contributed by atoms with Gasteiger partial charge in [-0.25, -0.2) is 0 Å². The van der Waals surface area contributed by atoms with Crippen LogP contribution in [0, 0.1) is 18.3 Å². The van der Waals surface area contributed by atoms with Crippen LogP contribution in [0.5, 0.6) is 0 Å². The van der Waals surface area contributed by atoms with E-state index in [0.717, 1.165) is 5.56 Å². The maximum atomic E-state index is 13.1. The van der Waals surface area contributed by atoms with Gasteiger partial charge in [0.15, 0.2) is 11.0 Å². The molecule has 7 nitrogen and oxygen atoms in total. The van der Waals surface area contributed by atoms with Gasteiger partial charge in [-0.15, -0.1) is 0 Å². The van der Waals surface area contributed by atoms with Gasteiger partial charge in [-0.3, -0.25) is 4.79 Å². The van der Waals surface area contributed by atoms with Gasteiger partial charge in [-0.1, -0.05) is 36.4 Å². The number of oxazole rings is 1. The molecule has 1 saturated heterocycles. The van der Waals surface area contributed by atoms with Crippen molar-refractivity contribution in [3.63, 3.8) is 0 Å². The Hall–Kier alpha value is -3.89. The number of morpholine rings is 1. The van der Waals surface area contributed by atoms with Crippen LogP contribution in [0.3, 0.4) is 0 Å². The van der Waals surface area contributed by atoms with E-state index in [1.54, 1.807) is 25.1 Å². The van der Waals surface area contributed by atoms with Crippen molar-refractivity contribution in [1.82, 2.24) is 4.98 Å². The van der Waals surface area contributed by atoms with E-state index in [-0.39, 0.29) is 17.0 Å². The summed E-state index contributed by atoms with van der Waals surface area (Å²) in [5.41, 5.74) is 2.36. The van der Waals surface area contributed by atoms with Crippen molar-refractivity contribution in [2.75, 3.05) is 31.2 Å². The zero-order valence-electron chi connectivity index (χ0n) is 16.9. The number of rotatable bonds is 3. The van der Waals surface area contributed by atoms with E-state index in [9.17, 15) is 10.1 Å². The molecule has 0 saturated carbocycles. The summed E-state index contributed by atoms with van der Waals surface area (Å²) >= 11 is 0. The van der Waals surface area contributed by atoms with Gasteiger partial charge in [0.05, 0.1) is 24.2 Å². The van der Waals surface area contributed by atoms with Gasteiger partial charge in [0.25, 0.3) is 0 Å². The highest BCUT2D eigenvalue weighted by molar-refractivity contribution is 5.91. The summed E-state index contributed by atoms with van der Waals surface area (Å²) in [6, 6.07) is 16.9. The minimum absolute atomic E-state index is 0.109. The molecule has 2 aromatic heterocycles. The Morgan fingerprint density at radius 1 is 1.03 bits per heavy atom. The summed E-state index contributed by atoms with van der Waals surface area (Å²) in [6.45, 7) is 4.11. The molecule has 0 amide bonds. The van der Waals surface area contributed by atoms with E-state index in [1.807, 2.05) is 35.2 Å². The number of benzene rings is 2. The van der Waals surface area contributed by atoms with E-state index in [0.29, 0.717) is 60.0 Å². The van der Waals surface area contributed by atoms with Crippen LogP contribution in [0.2, 0.25) is 0 Å². The Balaban J connectivity index is 1.71. The van der Waals surface area contributed by atoms with E-state index in [2.05, 4.69) is 11.1 Å². The lowest BCUT2D eigenvalue weighted by molar-refractivity contribution is 0.121. The zero-order valence-corrected chi connectivity index (χ0v) is 16.9. The Morgan fingerprint density at radius 2 is 1.81 bits per heavy atom. The predicted molar refractivity (Wildman–Crippen MR) is 116 cm³/mol. The summed E-state index contributed by atoms with van der Waals surface area (Å²) in [4.78, 5) is 19.4. The number of hydrogen-bond donors (Lipinski definition) is 0. The molecule has 5 rings (SSSR count). The van der Waals surface area contributed by atoms with Gasteiger partial charge in [-0.2, -0.15) is 10.2 Å². The van der Waals surface area contributed by atoms with Crippen molar-refractivity contribution in [2.45, 2.75) is 6.92 Å². The van der Waals surface area contributed by atoms with Crippen LogP contribution in [0.25, 0.3) is 33.7 Å². The first-order valence-electron chi connectivity index (χ1n) is 10.0. The number of nitrogens with zero attached hydrogens (tertiary/aromatic N) is 3. The number of anilines is 1. The molecule has 1 fully saturated rings.